The lowest BCUT2D eigenvalue weighted by Crippen LogP contribution is -2.49. The number of hydrogen-bond donors (Lipinski definition) is 1. The van der Waals surface area contributed by atoms with E-state index in [1.165, 1.54) is 19.2 Å². The summed E-state index contributed by atoms with van der Waals surface area (Å²) in [5, 5.41) is 0. The highest BCUT2D eigenvalue weighted by Crippen LogP contribution is 2.19. The molecule has 1 aliphatic heterocycles. The van der Waals surface area contributed by atoms with Crippen LogP contribution in [0.3, 0.4) is 0 Å². The molecule has 1 saturated heterocycles. The van der Waals surface area contributed by atoms with Gasteiger partial charge >= 0.3 is 0 Å². The number of hydrogen-bond acceptors (Lipinski definition) is 4. The summed E-state index contributed by atoms with van der Waals surface area (Å²) in [6.45, 7) is 11.0. The molecule has 0 radical (unpaired) electrons. The fourth-order valence-corrected chi connectivity index (χ4v) is 3.48. The summed E-state index contributed by atoms with van der Waals surface area (Å²) in [4.78, 5) is 17.0. The van der Waals surface area contributed by atoms with Gasteiger partial charge in [-0.25, -0.2) is 13.1 Å². The number of piperazine rings is 1. The highest BCUT2D eigenvalue weighted by molar-refractivity contribution is 7.89. The van der Waals surface area contributed by atoms with Crippen molar-refractivity contribution < 1.29 is 13.2 Å². The number of carbonyl (C=O) groups is 1. The largest absolute Gasteiger partial charge is 0.336 e. The number of nitrogens with zero attached hydrogens (tertiary/aromatic N) is 2. The highest BCUT2D eigenvalue weighted by Gasteiger charge is 2.23. The Labute approximate surface area is 151 Å². The molecule has 1 heterocycles. The standard InChI is InChI=1S/C18H29N3O3S/c1-18(2,3)9-10-20-11-13-21(14-12-20)17(22)15-5-7-16(8-6-15)25(23,24)19-4/h5-8,19H,9-14H2,1-4H3. The van der Waals surface area contributed by atoms with Crippen LogP contribution in [0.4, 0.5) is 0 Å². The minimum absolute atomic E-state index is 0.0381. The summed E-state index contributed by atoms with van der Waals surface area (Å²) in [6.07, 6.45) is 1.14. The summed E-state index contributed by atoms with van der Waals surface area (Å²) in [5.74, 6) is -0.0381. The van der Waals surface area contributed by atoms with Crippen molar-refractivity contribution in [1.82, 2.24) is 14.5 Å². The normalized spacial score (nSPS) is 16.9. The van der Waals surface area contributed by atoms with E-state index in [1.807, 2.05) is 4.90 Å². The van der Waals surface area contributed by atoms with Crippen LogP contribution in [0.2, 0.25) is 0 Å². The van der Waals surface area contributed by atoms with E-state index in [4.69, 9.17) is 0 Å². The number of carbonyl (C=O) groups excluding carboxylic acids is 1. The van der Waals surface area contributed by atoms with Gasteiger partial charge in [0.15, 0.2) is 0 Å². The van der Waals surface area contributed by atoms with Gasteiger partial charge in [0.25, 0.3) is 5.91 Å². The molecule has 1 amide bonds. The third-order valence-electron chi connectivity index (χ3n) is 4.52. The molecule has 6 nitrogen and oxygen atoms in total. The Bertz CT molecular complexity index is 685. The molecule has 0 aliphatic carbocycles. The fraction of sp³-hybridized carbons (Fsp3) is 0.611. The van der Waals surface area contributed by atoms with E-state index in [0.717, 1.165) is 26.1 Å². The molecule has 0 spiro atoms. The third-order valence-corrected chi connectivity index (χ3v) is 5.95. The molecule has 0 bridgehead atoms. The van der Waals surface area contributed by atoms with Gasteiger partial charge in [-0.15, -0.1) is 0 Å². The number of rotatable bonds is 5. The van der Waals surface area contributed by atoms with Gasteiger partial charge in [0.1, 0.15) is 0 Å². The zero-order chi connectivity index (χ0) is 18.7. The molecule has 2 rings (SSSR count). The van der Waals surface area contributed by atoms with Crippen LogP contribution in [0.5, 0.6) is 0 Å². The van der Waals surface area contributed by atoms with Crippen molar-refractivity contribution in [3.63, 3.8) is 0 Å². The van der Waals surface area contributed by atoms with Gasteiger partial charge in [0.05, 0.1) is 4.90 Å². The fourth-order valence-electron chi connectivity index (χ4n) is 2.75. The lowest BCUT2D eigenvalue weighted by molar-refractivity contribution is 0.0623. The molecule has 1 N–H and O–H groups in total. The monoisotopic (exact) mass is 367 g/mol. The Morgan fingerprint density at radius 2 is 1.64 bits per heavy atom. The molecule has 1 fully saturated rings. The number of benzene rings is 1. The Balaban J connectivity index is 1.92. The summed E-state index contributed by atoms with van der Waals surface area (Å²) < 4.78 is 25.7. The van der Waals surface area contributed by atoms with Crippen molar-refractivity contribution in [2.24, 2.45) is 5.41 Å². The second-order valence-electron chi connectivity index (χ2n) is 7.68. The molecule has 0 unspecified atom stereocenters. The van der Waals surface area contributed by atoms with Gasteiger partial charge in [-0.1, -0.05) is 20.8 Å². The lowest BCUT2D eigenvalue weighted by Gasteiger charge is -2.36. The zero-order valence-corrected chi connectivity index (χ0v) is 16.4. The van der Waals surface area contributed by atoms with Crippen LogP contribution in [0.25, 0.3) is 0 Å². The highest BCUT2D eigenvalue weighted by atomic mass is 32.2. The van der Waals surface area contributed by atoms with Crippen molar-refractivity contribution in [1.29, 1.82) is 0 Å². The van der Waals surface area contributed by atoms with Gasteiger partial charge < -0.3 is 4.90 Å². The van der Waals surface area contributed by atoms with E-state index in [1.54, 1.807) is 12.1 Å². The predicted molar refractivity (Wildman–Crippen MR) is 99.1 cm³/mol. The van der Waals surface area contributed by atoms with E-state index < -0.39 is 10.0 Å². The van der Waals surface area contributed by atoms with Crippen molar-refractivity contribution >= 4 is 15.9 Å². The molecule has 1 aromatic rings. The SMILES string of the molecule is CNS(=O)(=O)c1ccc(C(=O)N2CCN(CCC(C)(C)C)CC2)cc1. The summed E-state index contributed by atoms with van der Waals surface area (Å²) in [5.41, 5.74) is 0.848. The molecule has 0 saturated carbocycles. The maximum atomic E-state index is 12.6. The van der Waals surface area contributed by atoms with Gasteiger partial charge in [-0.2, -0.15) is 0 Å². The molecular weight excluding hydrogens is 338 g/mol. The molecule has 1 aliphatic rings. The van der Waals surface area contributed by atoms with E-state index in [0.29, 0.717) is 24.1 Å². The molecule has 0 atom stereocenters. The average Bonchev–Trinajstić information content (AvgIpc) is 2.59. The van der Waals surface area contributed by atoms with Gasteiger partial charge in [0.2, 0.25) is 10.0 Å². The van der Waals surface area contributed by atoms with E-state index >= 15 is 0 Å². The maximum absolute atomic E-state index is 12.6. The second kappa shape index (κ2) is 7.85. The molecule has 1 aromatic carbocycles. The van der Waals surface area contributed by atoms with Crippen LogP contribution < -0.4 is 4.72 Å². The van der Waals surface area contributed by atoms with Crippen molar-refractivity contribution in [3.05, 3.63) is 29.8 Å². The second-order valence-corrected chi connectivity index (χ2v) is 9.56. The smallest absolute Gasteiger partial charge is 0.253 e. The molecule has 25 heavy (non-hydrogen) atoms. The van der Waals surface area contributed by atoms with Crippen LogP contribution in [-0.2, 0) is 10.0 Å². The van der Waals surface area contributed by atoms with Crippen LogP contribution in [0.15, 0.2) is 29.2 Å². The Morgan fingerprint density at radius 1 is 1.08 bits per heavy atom. The summed E-state index contributed by atoms with van der Waals surface area (Å²) in [7, 11) is -2.10. The van der Waals surface area contributed by atoms with Crippen LogP contribution >= 0.6 is 0 Å². The van der Waals surface area contributed by atoms with Crippen molar-refractivity contribution in [3.8, 4) is 0 Å². The Hall–Kier alpha value is -1.44. The third kappa shape index (κ3) is 5.52. The van der Waals surface area contributed by atoms with Crippen LogP contribution in [0.1, 0.15) is 37.6 Å². The minimum Gasteiger partial charge on any atom is -0.336 e. The first-order valence-electron chi connectivity index (χ1n) is 8.68. The van der Waals surface area contributed by atoms with Gasteiger partial charge in [0, 0.05) is 31.7 Å². The number of nitrogens with one attached hydrogen (secondary N) is 1. The Morgan fingerprint density at radius 3 is 2.12 bits per heavy atom. The summed E-state index contributed by atoms with van der Waals surface area (Å²) in [6, 6.07) is 6.11. The maximum Gasteiger partial charge on any atom is 0.253 e. The van der Waals surface area contributed by atoms with Crippen LogP contribution in [0, 0.1) is 5.41 Å². The molecule has 140 valence electrons. The first-order valence-corrected chi connectivity index (χ1v) is 10.2. The first-order chi connectivity index (χ1) is 11.6. The zero-order valence-electron chi connectivity index (χ0n) is 15.6. The predicted octanol–water partition coefficient (Wildman–Crippen LogP) is 1.79. The lowest BCUT2D eigenvalue weighted by atomic mass is 9.92. The number of sulfonamides is 1. The Kier molecular flexibility index (Phi) is 6.24. The molecule has 0 aromatic heterocycles. The van der Waals surface area contributed by atoms with E-state index in [-0.39, 0.29) is 10.8 Å². The van der Waals surface area contributed by atoms with Crippen LogP contribution in [-0.4, -0.2) is 63.9 Å². The average molecular weight is 368 g/mol. The molecular formula is C18H29N3O3S. The van der Waals surface area contributed by atoms with Gasteiger partial charge in [-0.05, 0) is 49.7 Å². The topological polar surface area (TPSA) is 69.7 Å². The van der Waals surface area contributed by atoms with E-state index in [2.05, 4.69) is 30.4 Å². The van der Waals surface area contributed by atoms with Gasteiger partial charge in [-0.3, -0.25) is 9.69 Å². The first kappa shape index (κ1) is 19.9. The van der Waals surface area contributed by atoms with E-state index in [9.17, 15) is 13.2 Å². The number of amides is 1. The molecule has 7 heteroatoms. The minimum atomic E-state index is -3.47. The summed E-state index contributed by atoms with van der Waals surface area (Å²) >= 11 is 0. The quantitative estimate of drug-likeness (QED) is 0.861. The van der Waals surface area contributed by atoms with Crippen molar-refractivity contribution in [2.45, 2.75) is 32.1 Å². The van der Waals surface area contributed by atoms with Crippen molar-refractivity contribution in [2.75, 3.05) is 39.8 Å².